The van der Waals surface area contributed by atoms with Gasteiger partial charge in [0.05, 0.1) is 6.61 Å². The Kier molecular flexibility index (Phi) is 5.61. The molecule has 0 atom stereocenters. The van der Waals surface area contributed by atoms with Crippen LogP contribution < -0.4 is 0 Å². The molecule has 0 spiro atoms. The first-order chi connectivity index (χ1) is 11.0. The van der Waals surface area contributed by atoms with Crippen molar-refractivity contribution in [3.63, 3.8) is 0 Å². The third-order valence-corrected chi connectivity index (χ3v) is 3.18. The average Bonchev–Trinajstić information content (AvgIpc) is 2.99. The van der Waals surface area contributed by atoms with Gasteiger partial charge in [0.15, 0.2) is 0 Å². The molecule has 4 nitrogen and oxygen atoms in total. The highest BCUT2D eigenvalue weighted by Gasteiger charge is 2.13. The number of carbonyl (C=O) groups is 1. The molecule has 0 aliphatic heterocycles. The van der Waals surface area contributed by atoms with Crippen LogP contribution in [0.2, 0.25) is 5.02 Å². The Bertz CT molecular complexity index is 751. The normalized spacial score (nSPS) is 11.3. The first kappa shape index (κ1) is 16.9. The van der Waals surface area contributed by atoms with Gasteiger partial charge in [0.1, 0.15) is 23.2 Å². The van der Waals surface area contributed by atoms with Crippen molar-refractivity contribution in [3.05, 3.63) is 52.8 Å². The molecule has 1 heterocycles. The Balaban J connectivity index is 2.17. The van der Waals surface area contributed by atoms with Crippen LogP contribution in [0.3, 0.4) is 0 Å². The second-order valence-electron chi connectivity index (χ2n) is 5.37. The Morgan fingerprint density at radius 1 is 1.30 bits per heavy atom. The molecule has 0 fully saturated rings. The van der Waals surface area contributed by atoms with E-state index in [0.717, 1.165) is 5.56 Å². The van der Waals surface area contributed by atoms with E-state index in [4.69, 9.17) is 26.0 Å². The van der Waals surface area contributed by atoms with Crippen molar-refractivity contribution in [3.8, 4) is 17.4 Å². The lowest BCUT2D eigenvalue weighted by Crippen LogP contribution is -2.11. The number of hydrogen-bond donors (Lipinski definition) is 0. The van der Waals surface area contributed by atoms with Crippen LogP contribution >= 0.6 is 11.6 Å². The molecule has 0 amide bonds. The Morgan fingerprint density at radius 3 is 2.61 bits per heavy atom. The number of carbonyl (C=O) groups excluding carboxylic acids is 1. The van der Waals surface area contributed by atoms with E-state index in [1.807, 2.05) is 32.0 Å². The highest BCUT2D eigenvalue weighted by Crippen LogP contribution is 2.24. The summed E-state index contributed by atoms with van der Waals surface area (Å²) >= 11 is 5.85. The fourth-order valence-electron chi connectivity index (χ4n) is 1.80. The molecule has 0 saturated heterocycles. The topological polar surface area (TPSA) is 63.2 Å². The van der Waals surface area contributed by atoms with Gasteiger partial charge in [-0.3, -0.25) is 0 Å². The largest absolute Gasteiger partial charge is 0.461 e. The summed E-state index contributed by atoms with van der Waals surface area (Å²) in [6.07, 6.45) is 1.38. The Labute approximate surface area is 139 Å². The molecule has 0 aliphatic rings. The number of furan rings is 1. The number of benzene rings is 1. The van der Waals surface area contributed by atoms with Gasteiger partial charge in [-0.2, -0.15) is 5.26 Å². The van der Waals surface area contributed by atoms with Crippen LogP contribution in [0, 0.1) is 17.2 Å². The summed E-state index contributed by atoms with van der Waals surface area (Å²) in [6, 6.07) is 12.5. The fraction of sp³-hybridized carbons (Fsp3) is 0.222. The zero-order chi connectivity index (χ0) is 16.8. The van der Waals surface area contributed by atoms with Gasteiger partial charge in [0.2, 0.25) is 0 Å². The summed E-state index contributed by atoms with van der Waals surface area (Å²) in [5, 5.41) is 9.74. The maximum absolute atomic E-state index is 11.8. The van der Waals surface area contributed by atoms with E-state index in [-0.39, 0.29) is 18.1 Å². The van der Waals surface area contributed by atoms with Crippen LogP contribution in [0.4, 0.5) is 0 Å². The smallest absolute Gasteiger partial charge is 0.349 e. The summed E-state index contributed by atoms with van der Waals surface area (Å²) in [7, 11) is 0. The Morgan fingerprint density at radius 2 is 2.00 bits per heavy atom. The summed E-state index contributed by atoms with van der Waals surface area (Å²) in [5.41, 5.74) is 0.762. The van der Waals surface area contributed by atoms with Crippen LogP contribution in [0.15, 0.2) is 46.4 Å². The highest BCUT2D eigenvalue weighted by molar-refractivity contribution is 6.30. The molecule has 0 unspecified atom stereocenters. The van der Waals surface area contributed by atoms with Crippen molar-refractivity contribution in [2.75, 3.05) is 6.61 Å². The molecule has 23 heavy (non-hydrogen) atoms. The van der Waals surface area contributed by atoms with Crippen molar-refractivity contribution in [2.24, 2.45) is 5.92 Å². The standard InChI is InChI=1S/C18H16ClNO3/c1-12(2)11-22-18(21)14(10-20)9-16-7-8-17(23-16)13-3-5-15(19)6-4-13/h3-9,12H,11H2,1-2H3. The molecule has 2 rings (SSSR count). The van der Waals surface area contributed by atoms with Crippen molar-refractivity contribution >= 4 is 23.6 Å². The van der Waals surface area contributed by atoms with E-state index in [2.05, 4.69) is 0 Å². The molecule has 5 heteroatoms. The molecule has 0 saturated carbocycles. The molecular formula is C18H16ClNO3. The molecule has 0 N–H and O–H groups in total. The van der Waals surface area contributed by atoms with Crippen molar-refractivity contribution < 1.29 is 13.9 Å². The average molecular weight is 330 g/mol. The zero-order valence-electron chi connectivity index (χ0n) is 12.9. The summed E-state index contributed by atoms with van der Waals surface area (Å²) in [5.74, 6) is 0.596. The summed E-state index contributed by atoms with van der Waals surface area (Å²) < 4.78 is 10.7. The first-order valence-corrected chi connectivity index (χ1v) is 7.52. The van der Waals surface area contributed by atoms with Crippen LogP contribution in [-0.2, 0) is 9.53 Å². The van der Waals surface area contributed by atoms with E-state index in [1.165, 1.54) is 6.08 Å². The lowest BCUT2D eigenvalue weighted by molar-refractivity contribution is -0.139. The highest BCUT2D eigenvalue weighted by atomic mass is 35.5. The van der Waals surface area contributed by atoms with E-state index in [9.17, 15) is 4.79 Å². The quantitative estimate of drug-likeness (QED) is 0.453. The van der Waals surface area contributed by atoms with Crippen LogP contribution in [0.5, 0.6) is 0 Å². The van der Waals surface area contributed by atoms with Gasteiger partial charge in [-0.05, 0) is 42.3 Å². The van der Waals surface area contributed by atoms with Crippen molar-refractivity contribution in [1.29, 1.82) is 5.26 Å². The van der Waals surface area contributed by atoms with Crippen LogP contribution in [0.25, 0.3) is 17.4 Å². The number of ether oxygens (including phenoxy) is 1. The molecule has 118 valence electrons. The van der Waals surface area contributed by atoms with Crippen molar-refractivity contribution in [2.45, 2.75) is 13.8 Å². The van der Waals surface area contributed by atoms with E-state index in [1.54, 1.807) is 24.3 Å². The van der Waals surface area contributed by atoms with Gasteiger partial charge in [-0.15, -0.1) is 0 Å². The SMILES string of the molecule is CC(C)COC(=O)C(C#N)=Cc1ccc(-c2ccc(Cl)cc2)o1. The van der Waals surface area contributed by atoms with Crippen molar-refractivity contribution in [1.82, 2.24) is 0 Å². The second kappa shape index (κ2) is 7.66. The lowest BCUT2D eigenvalue weighted by Gasteiger charge is -2.05. The molecule has 0 bridgehead atoms. The zero-order valence-corrected chi connectivity index (χ0v) is 13.6. The number of halogens is 1. The van der Waals surface area contributed by atoms with Gasteiger partial charge < -0.3 is 9.15 Å². The molecule has 0 aliphatic carbocycles. The minimum Gasteiger partial charge on any atom is -0.461 e. The fourth-order valence-corrected chi connectivity index (χ4v) is 1.92. The van der Waals surface area contributed by atoms with Gasteiger partial charge in [-0.1, -0.05) is 25.4 Å². The van der Waals surface area contributed by atoms with E-state index >= 15 is 0 Å². The number of esters is 1. The van der Waals surface area contributed by atoms with Gasteiger partial charge in [0.25, 0.3) is 0 Å². The predicted molar refractivity (Wildman–Crippen MR) is 88.5 cm³/mol. The van der Waals surface area contributed by atoms with Crippen LogP contribution in [-0.4, -0.2) is 12.6 Å². The lowest BCUT2D eigenvalue weighted by atomic mass is 10.2. The second-order valence-corrected chi connectivity index (χ2v) is 5.81. The predicted octanol–water partition coefficient (Wildman–Crippen LogP) is 4.71. The number of nitrogens with zero attached hydrogens (tertiary/aromatic N) is 1. The number of rotatable bonds is 5. The van der Waals surface area contributed by atoms with Gasteiger partial charge in [0, 0.05) is 16.7 Å². The minimum absolute atomic E-state index is 0.0948. The summed E-state index contributed by atoms with van der Waals surface area (Å²) in [4.78, 5) is 11.8. The van der Waals surface area contributed by atoms with E-state index in [0.29, 0.717) is 16.5 Å². The van der Waals surface area contributed by atoms with Gasteiger partial charge >= 0.3 is 5.97 Å². The molecule has 0 radical (unpaired) electrons. The monoisotopic (exact) mass is 329 g/mol. The number of hydrogen-bond acceptors (Lipinski definition) is 4. The van der Waals surface area contributed by atoms with E-state index < -0.39 is 5.97 Å². The Hall–Kier alpha value is -2.51. The van der Waals surface area contributed by atoms with Crippen LogP contribution in [0.1, 0.15) is 19.6 Å². The molecule has 1 aromatic heterocycles. The summed E-state index contributed by atoms with van der Waals surface area (Å²) in [6.45, 7) is 4.12. The maximum atomic E-state index is 11.8. The minimum atomic E-state index is -0.648. The molecule has 2 aromatic rings. The first-order valence-electron chi connectivity index (χ1n) is 7.14. The third-order valence-electron chi connectivity index (χ3n) is 2.93. The maximum Gasteiger partial charge on any atom is 0.349 e. The third kappa shape index (κ3) is 4.73. The molecule has 1 aromatic carbocycles. The van der Waals surface area contributed by atoms with Gasteiger partial charge in [-0.25, -0.2) is 4.79 Å². The molecular weight excluding hydrogens is 314 g/mol. The number of nitriles is 1.